The van der Waals surface area contributed by atoms with Crippen LogP contribution in [0.25, 0.3) is 10.2 Å². The number of carbonyl (C=O) groups is 1. The van der Waals surface area contributed by atoms with Crippen molar-refractivity contribution in [3.63, 3.8) is 0 Å². The number of aromatic nitrogens is 2. The lowest BCUT2D eigenvalue weighted by Crippen LogP contribution is -2.37. The molecule has 7 heteroatoms. The second-order valence-corrected chi connectivity index (χ2v) is 9.71. The summed E-state index contributed by atoms with van der Waals surface area (Å²) in [5, 5.41) is 0.779. The second kappa shape index (κ2) is 8.71. The normalized spacial score (nSPS) is 13.2. The Morgan fingerprint density at radius 2 is 2.07 bits per heavy atom. The molecule has 1 amide bonds. The van der Waals surface area contributed by atoms with Crippen LogP contribution in [-0.2, 0) is 29.9 Å². The monoisotopic (exact) mass is 427 g/mol. The Labute approximate surface area is 178 Å². The number of H-pyrrole nitrogens is 1. The van der Waals surface area contributed by atoms with E-state index in [-0.39, 0.29) is 17.5 Å². The summed E-state index contributed by atoms with van der Waals surface area (Å²) >= 11 is 3.15. The lowest BCUT2D eigenvalue weighted by Gasteiger charge is -2.27. The van der Waals surface area contributed by atoms with E-state index in [1.165, 1.54) is 22.2 Å². The molecule has 4 rings (SSSR count). The van der Waals surface area contributed by atoms with Gasteiger partial charge in [0.2, 0.25) is 5.91 Å². The van der Waals surface area contributed by atoms with Crippen molar-refractivity contribution in [2.24, 2.45) is 0 Å². The number of nitrogens with one attached hydrogen (secondary N) is 1. The van der Waals surface area contributed by atoms with Crippen molar-refractivity contribution < 1.29 is 4.79 Å². The van der Waals surface area contributed by atoms with E-state index in [1.807, 2.05) is 49.1 Å². The van der Waals surface area contributed by atoms with Crippen LogP contribution in [0.5, 0.6) is 0 Å². The van der Waals surface area contributed by atoms with Crippen LogP contribution in [0.2, 0.25) is 0 Å². The van der Waals surface area contributed by atoms with E-state index in [2.05, 4.69) is 9.97 Å². The number of hydrogen-bond donors (Lipinski definition) is 1. The maximum atomic E-state index is 12.8. The van der Waals surface area contributed by atoms with Crippen molar-refractivity contribution >= 4 is 39.2 Å². The highest BCUT2D eigenvalue weighted by Crippen LogP contribution is 2.34. The molecule has 1 aliphatic carbocycles. The molecule has 1 aromatic carbocycles. The maximum absolute atomic E-state index is 12.8. The van der Waals surface area contributed by atoms with E-state index >= 15 is 0 Å². The molecule has 0 spiro atoms. The van der Waals surface area contributed by atoms with Gasteiger partial charge in [0.25, 0.3) is 5.56 Å². The van der Waals surface area contributed by atoms with E-state index in [1.54, 1.807) is 11.3 Å². The molecule has 0 saturated carbocycles. The quantitative estimate of drug-likeness (QED) is 0.615. The molecular weight excluding hydrogens is 402 g/mol. The summed E-state index contributed by atoms with van der Waals surface area (Å²) in [6.07, 6.45) is 3.17. The van der Waals surface area contributed by atoms with Gasteiger partial charge < -0.3 is 9.88 Å². The van der Waals surface area contributed by atoms with Crippen molar-refractivity contribution in [3.05, 3.63) is 62.5 Å². The molecule has 1 aliphatic rings. The Bertz CT molecular complexity index is 1070. The van der Waals surface area contributed by atoms with Crippen LogP contribution in [0.1, 0.15) is 42.1 Å². The number of thiophene rings is 1. The highest BCUT2D eigenvalue weighted by Gasteiger charge is 2.21. The molecule has 1 N–H and O–H groups in total. The van der Waals surface area contributed by atoms with Crippen molar-refractivity contribution in [3.8, 4) is 0 Å². The first-order valence-corrected chi connectivity index (χ1v) is 11.9. The van der Waals surface area contributed by atoms with Gasteiger partial charge in [-0.1, -0.05) is 30.3 Å². The van der Waals surface area contributed by atoms with Crippen molar-refractivity contribution in [2.45, 2.75) is 51.4 Å². The number of benzene rings is 1. The molecule has 0 unspecified atom stereocenters. The Balaban J connectivity index is 1.40. The fourth-order valence-corrected chi connectivity index (χ4v) is 5.83. The second-order valence-electron chi connectivity index (χ2n) is 7.64. The fraction of sp³-hybridized carbons (Fsp3) is 0.409. The number of hydrogen-bond acceptors (Lipinski definition) is 5. The predicted molar refractivity (Wildman–Crippen MR) is 121 cm³/mol. The largest absolute Gasteiger partial charge is 0.335 e. The topological polar surface area (TPSA) is 66.1 Å². The van der Waals surface area contributed by atoms with Gasteiger partial charge in [-0.3, -0.25) is 9.59 Å². The lowest BCUT2D eigenvalue weighted by atomic mass is 10.2. The average molecular weight is 428 g/mol. The third kappa shape index (κ3) is 4.41. The van der Waals surface area contributed by atoms with E-state index in [0.29, 0.717) is 23.9 Å². The Morgan fingerprint density at radius 1 is 1.28 bits per heavy atom. The van der Waals surface area contributed by atoms with Crippen LogP contribution in [0.15, 0.2) is 35.1 Å². The minimum absolute atomic E-state index is 0.0378. The number of carbonyl (C=O) groups excluding carboxylic acids is 1. The third-order valence-corrected chi connectivity index (χ3v) is 7.34. The first kappa shape index (κ1) is 20.2. The minimum atomic E-state index is -0.0378. The molecule has 0 atom stereocenters. The van der Waals surface area contributed by atoms with Gasteiger partial charge in [0.15, 0.2) is 0 Å². The van der Waals surface area contributed by atoms with E-state index < -0.39 is 0 Å². The number of rotatable bonds is 7. The highest BCUT2D eigenvalue weighted by atomic mass is 32.2. The molecule has 2 heterocycles. The first-order chi connectivity index (χ1) is 14.0. The maximum Gasteiger partial charge on any atom is 0.259 e. The van der Waals surface area contributed by atoms with Gasteiger partial charge in [0.1, 0.15) is 10.7 Å². The molecule has 0 fully saturated rings. The summed E-state index contributed by atoms with van der Waals surface area (Å²) in [7, 11) is 0. The number of aryl methyl sites for hydroxylation is 2. The van der Waals surface area contributed by atoms with Gasteiger partial charge in [-0.25, -0.2) is 4.98 Å². The van der Waals surface area contributed by atoms with Gasteiger partial charge in [-0.2, -0.15) is 0 Å². The number of amides is 1. The summed E-state index contributed by atoms with van der Waals surface area (Å²) in [5.41, 5.74) is 2.28. The zero-order valence-corrected chi connectivity index (χ0v) is 18.4. The molecule has 5 nitrogen and oxygen atoms in total. The van der Waals surface area contributed by atoms with Crippen molar-refractivity contribution in [1.82, 2.24) is 14.9 Å². The van der Waals surface area contributed by atoms with E-state index in [9.17, 15) is 9.59 Å². The Kier molecular flexibility index (Phi) is 6.06. The molecule has 0 radical (unpaired) electrons. The average Bonchev–Trinajstić information content (AvgIpc) is 3.27. The molecule has 0 saturated heterocycles. The first-order valence-electron chi connectivity index (χ1n) is 9.97. The molecule has 0 aliphatic heterocycles. The van der Waals surface area contributed by atoms with Crippen LogP contribution in [-0.4, -0.2) is 32.6 Å². The van der Waals surface area contributed by atoms with Gasteiger partial charge in [-0.05, 0) is 44.2 Å². The summed E-state index contributed by atoms with van der Waals surface area (Å²) in [6.45, 7) is 4.68. The number of nitrogens with zero attached hydrogens (tertiary/aromatic N) is 2. The number of aromatic amines is 1. The van der Waals surface area contributed by atoms with Crippen molar-refractivity contribution in [1.29, 1.82) is 0 Å². The number of thioether (sulfide) groups is 1. The standard InChI is InChI=1S/C22H25N3O2S2/c1-14(2)25(11-15-7-4-3-5-8-15)19(26)13-28-12-18-23-21(27)20-16-9-6-10-17(16)29-22(20)24-18/h3-5,7-8,14H,6,9-13H2,1-2H3,(H,23,24,27). The zero-order chi connectivity index (χ0) is 20.4. The zero-order valence-electron chi connectivity index (χ0n) is 16.7. The smallest absolute Gasteiger partial charge is 0.259 e. The summed E-state index contributed by atoms with van der Waals surface area (Å²) < 4.78 is 0. The Morgan fingerprint density at radius 3 is 2.83 bits per heavy atom. The summed E-state index contributed by atoms with van der Waals surface area (Å²) in [6, 6.07) is 10.2. The van der Waals surface area contributed by atoms with Gasteiger partial charge in [0, 0.05) is 17.5 Å². The molecule has 3 aromatic rings. The number of fused-ring (bicyclic) bond motifs is 3. The van der Waals surface area contributed by atoms with Gasteiger partial charge in [0.05, 0.1) is 16.9 Å². The fourth-order valence-electron chi connectivity index (χ4n) is 3.77. The van der Waals surface area contributed by atoms with Gasteiger partial charge in [-0.15, -0.1) is 23.1 Å². The Hall–Kier alpha value is -2.12. The van der Waals surface area contributed by atoms with Crippen LogP contribution < -0.4 is 5.56 Å². The van der Waals surface area contributed by atoms with E-state index in [4.69, 9.17) is 0 Å². The molecule has 2 aromatic heterocycles. The van der Waals surface area contributed by atoms with E-state index in [0.717, 1.165) is 35.0 Å². The predicted octanol–water partition coefficient (Wildman–Crippen LogP) is 4.14. The molecular formula is C22H25N3O2S2. The van der Waals surface area contributed by atoms with Gasteiger partial charge >= 0.3 is 0 Å². The highest BCUT2D eigenvalue weighted by molar-refractivity contribution is 7.99. The minimum Gasteiger partial charge on any atom is -0.335 e. The summed E-state index contributed by atoms with van der Waals surface area (Å²) in [4.78, 5) is 36.9. The molecule has 0 bridgehead atoms. The van der Waals surface area contributed by atoms with Crippen molar-refractivity contribution in [2.75, 3.05) is 5.75 Å². The SMILES string of the molecule is CC(C)N(Cc1ccccc1)C(=O)CSCc1nc2sc3c(c2c(=O)[nH]1)CCC3. The summed E-state index contributed by atoms with van der Waals surface area (Å²) in [5.74, 6) is 1.65. The van der Waals surface area contributed by atoms with Crippen LogP contribution in [0.3, 0.4) is 0 Å². The van der Waals surface area contributed by atoms with Crippen LogP contribution in [0, 0.1) is 0 Å². The van der Waals surface area contributed by atoms with Crippen LogP contribution >= 0.6 is 23.1 Å². The van der Waals surface area contributed by atoms with Crippen LogP contribution in [0.4, 0.5) is 0 Å². The molecule has 152 valence electrons. The lowest BCUT2D eigenvalue weighted by molar-refractivity contribution is -0.130. The third-order valence-electron chi connectivity index (χ3n) is 5.23. The molecule has 29 heavy (non-hydrogen) atoms.